The van der Waals surface area contributed by atoms with Crippen LogP contribution in [-0.4, -0.2) is 5.91 Å². The fourth-order valence-electron chi connectivity index (χ4n) is 1.19. The predicted molar refractivity (Wildman–Crippen MR) is 53.9 cm³/mol. The van der Waals surface area contributed by atoms with E-state index in [9.17, 15) is 4.79 Å². The molecule has 2 N–H and O–H groups in total. The Bertz CT molecular complexity index is 396. The Balaban J connectivity index is 3.03. The largest absolute Gasteiger partial charge is 0.366 e. The average Bonchev–Trinajstić information content (AvgIpc) is 2.15. The quantitative estimate of drug-likeness (QED) is 0.825. The highest BCUT2D eigenvalue weighted by Crippen LogP contribution is 2.16. The molecule has 0 saturated carbocycles. The molecule has 0 heterocycles. The number of aryl methyl sites for hydroxylation is 1. The van der Waals surface area contributed by atoms with E-state index < -0.39 is 5.91 Å². The number of nitrogens with two attached hydrogens (primary N) is 1. The summed E-state index contributed by atoms with van der Waals surface area (Å²) in [4.78, 5) is 11.0. The number of hydrogen-bond donors (Lipinski definition) is 1. The monoisotopic (exact) mass is 208 g/mol. The molecule has 1 rings (SSSR count). The van der Waals surface area contributed by atoms with E-state index in [0.717, 1.165) is 5.56 Å². The summed E-state index contributed by atoms with van der Waals surface area (Å²) in [6, 6.07) is 6.94. The van der Waals surface area contributed by atoms with Crippen molar-refractivity contribution in [3.05, 3.63) is 34.3 Å². The second-order valence-corrected chi connectivity index (χ2v) is 3.26. The van der Waals surface area contributed by atoms with E-state index in [1.807, 2.05) is 6.07 Å². The average molecular weight is 209 g/mol. The van der Waals surface area contributed by atoms with Gasteiger partial charge in [-0.2, -0.15) is 5.26 Å². The zero-order valence-corrected chi connectivity index (χ0v) is 8.21. The van der Waals surface area contributed by atoms with Gasteiger partial charge in [-0.1, -0.05) is 17.7 Å². The number of halogens is 1. The fourth-order valence-corrected chi connectivity index (χ4v) is 1.36. The summed E-state index contributed by atoms with van der Waals surface area (Å²) in [7, 11) is 0. The lowest BCUT2D eigenvalue weighted by atomic mass is 10.0. The third kappa shape index (κ3) is 2.48. The number of rotatable bonds is 3. The maximum Gasteiger partial charge on any atom is 0.249 e. The lowest BCUT2D eigenvalue weighted by Crippen LogP contribution is -2.13. The van der Waals surface area contributed by atoms with Gasteiger partial charge in [-0.25, -0.2) is 0 Å². The summed E-state index contributed by atoms with van der Waals surface area (Å²) in [5.74, 6) is -0.513. The molecule has 1 aromatic carbocycles. The van der Waals surface area contributed by atoms with Crippen molar-refractivity contribution < 1.29 is 4.79 Å². The minimum Gasteiger partial charge on any atom is -0.366 e. The summed E-state index contributed by atoms with van der Waals surface area (Å²) in [6.45, 7) is 0. The predicted octanol–water partition coefficient (Wildman–Crippen LogP) is 1.90. The number of amides is 1. The van der Waals surface area contributed by atoms with Gasteiger partial charge in [-0.15, -0.1) is 0 Å². The second kappa shape index (κ2) is 4.64. The van der Waals surface area contributed by atoms with Crippen molar-refractivity contribution in [2.24, 2.45) is 5.73 Å². The lowest BCUT2D eigenvalue weighted by molar-refractivity contribution is 0.0999. The molecule has 0 aliphatic carbocycles. The molecular formula is C10H9ClN2O. The highest BCUT2D eigenvalue weighted by Gasteiger charge is 2.08. The minimum absolute atomic E-state index is 0.363. The molecule has 0 bridgehead atoms. The first-order valence-corrected chi connectivity index (χ1v) is 4.48. The van der Waals surface area contributed by atoms with Crippen LogP contribution in [-0.2, 0) is 6.42 Å². The van der Waals surface area contributed by atoms with E-state index in [2.05, 4.69) is 0 Å². The van der Waals surface area contributed by atoms with Gasteiger partial charge in [-0.3, -0.25) is 4.79 Å². The molecule has 0 radical (unpaired) electrons. The smallest absolute Gasteiger partial charge is 0.249 e. The van der Waals surface area contributed by atoms with Crippen LogP contribution in [0.5, 0.6) is 0 Å². The van der Waals surface area contributed by atoms with Crippen molar-refractivity contribution in [3.63, 3.8) is 0 Å². The first-order chi connectivity index (χ1) is 6.65. The van der Waals surface area contributed by atoms with Gasteiger partial charge in [0.05, 0.1) is 6.07 Å². The van der Waals surface area contributed by atoms with Gasteiger partial charge in [0.2, 0.25) is 5.91 Å². The van der Waals surface area contributed by atoms with E-state index >= 15 is 0 Å². The van der Waals surface area contributed by atoms with E-state index in [1.165, 1.54) is 6.07 Å². The zero-order chi connectivity index (χ0) is 10.6. The maximum absolute atomic E-state index is 11.0. The van der Waals surface area contributed by atoms with Crippen LogP contribution < -0.4 is 5.73 Å². The van der Waals surface area contributed by atoms with Gasteiger partial charge in [0, 0.05) is 17.0 Å². The van der Waals surface area contributed by atoms with Gasteiger partial charge in [0.15, 0.2) is 0 Å². The topological polar surface area (TPSA) is 66.9 Å². The number of hydrogen-bond acceptors (Lipinski definition) is 2. The number of carbonyl (C=O) groups is 1. The van der Waals surface area contributed by atoms with Crippen molar-refractivity contribution in [3.8, 4) is 6.07 Å². The van der Waals surface area contributed by atoms with Crippen molar-refractivity contribution in [1.29, 1.82) is 5.26 Å². The van der Waals surface area contributed by atoms with Crippen LogP contribution in [0.15, 0.2) is 18.2 Å². The summed E-state index contributed by atoms with van der Waals surface area (Å²) < 4.78 is 0. The van der Waals surface area contributed by atoms with E-state index in [0.29, 0.717) is 23.4 Å². The highest BCUT2D eigenvalue weighted by molar-refractivity contribution is 6.31. The van der Waals surface area contributed by atoms with Gasteiger partial charge >= 0.3 is 0 Å². The van der Waals surface area contributed by atoms with E-state index in [1.54, 1.807) is 12.1 Å². The molecule has 0 aliphatic heterocycles. The first kappa shape index (κ1) is 10.6. The number of benzene rings is 1. The van der Waals surface area contributed by atoms with Crippen molar-refractivity contribution in [2.45, 2.75) is 12.8 Å². The number of primary amides is 1. The minimum atomic E-state index is -0.513. The summed E-state index contributed by atoms with van der Waals surface area (Å²) in [6.07, 6.45) is 0.883. The summed E-state index contributed by atoms with van der Waals surface area (Å²) in [5, 5.41) is 8.89. The van der Waals surface area contributed by atoms with Gasteiger partial charge in [0.1, 0.15) is 0 Å². The van der Waals surface area contributed by atoms with Crippen LogP contribution in [0, 0.1) is 11.3 Å². The van der Waals surface area contributed by atoms with E-state index in [4.69, 9.17) is 22.6 Å². The molecule has 0 saturated heterocycles. The molecule has 0 aliphatic rings. The Morgan fingerprint density at radius 2 is 2.29 bits per heavy atom. The Kier molecular flexibility index (Phi) is 3.49. The summed E-state index contributed by atoms with van der Waals surface area (Å²) in [5.41, 5.74) is 6.34. The van der Waals surface area contributed by atoms with Crippen LogP contribution in [0.1, 0.15) is 22.3 Å². The van der Waals surface area contributed by atoms with Crippen molar-refractivity contribution >= 4 is 17.5 Å². The maximum atomic E-state index is 11.0. The van der Waals surface area contributed by atoms with Crippen LogP contribution in [0.3, 0.4) is 0 Å². The van der Waals surface area contributed by atoms with Crippen LogP contribution >= 0.6 is 11.6 Å². The SMILES string of the molecule is N#CCCc1ccc(Cl)cc1C(N)=O. The van der Waals surface area contributed by atoms with Crippen LogP contribution in [0.2, 0.25) is 5.02 Å². The molecular weight excluding hydrogens is 200 g/mol. The molecule has 14 heavy (non-hydrogen) atoms. The van der Waals surface area contributed by atoms with E-state index in [-0.39, 0.29) is 0 Å². The number of carbonyl (C=O) groups excluding carboxylic acids is 1. The molecule has 4 heteroatoms. The zero-order valence-electron chi connectivity index (χ0n) is 7.46. The fraction of sp³-hybridized carbons (Fsp3) is 0.200. The van der Waals surface area contributed by atoms with Crippen LogP contribution in [0.4, 0.5) is 0 Å². The molecule has 72 valence electrons. The lowest BCUT2D eigenvalue weighted by Gasteiger charge is -2.04. The summed E-state index contributed by atoms with van der Waals surface area (Å²) >= 11 is 5.72. The molecule has 0 spiro atoms. The van der Waals surface area contributed by atoms with Crippen LogP contribution in [0.25, 0.3) is 0 Å². The Morgan fingerprint density at radius 1 is 1.57 bits per heavy atom. The second-order valence-electron chi connectivity index (χ2n) is 2.82. The Hall–Kier alpha value is -1.53. The normalized spacial score (nSPS) is 9.43. The standard InChI is InChI=1S/C10H9ClN2O/c11-8-4-3-7(2-1-5-12)9(6-8)10(13)14/h3-4,6H,1-2H2,(H2,13,14). The highest BCUT2D eigenvalue weighted by atomic mass is 35.5. The van der Waals surface area contributed by atoms with Gasteiger partial charge < -0.3 is 5.73 Å². The third-order valence-electron chi connectivity index (χ3n) is 1.84. The molecule has 0 fully saturated rings. The van der Waals surface area contributed by atoms with Gasteiger partial charge in [0.25, 0.3) is 0 Å². The molecule has 0 aromatic heterocycles. The molecule has 1 aromatic rings. The number of nitriles is 1. The van der Waals surface area contributed by atoms with Crippen molar-refractivity contribution in [1.82, 2.24) is 0 Å². The Labute approximate surface area is 87.1 Å². The van der Waals surface area contributed by atoms with Gasteiger partial charge in [-0.05, 0) is 24.1 Å². The molecule has 0 atom stereocenters. The molecule has 3 nitrogen and oxygen atoms in total. The third-order valence-corrected chi connectivity index (χ3v) is 2.08. The Morgan fingerprint density at radius 3 is 2.86 bits per heavy atom. The first-order valence-electron chi connectivity index (χ1n) is 4.10. The van der Waals surface area contributed by atoms with Crippen molar-refractivity contribution in [2.75, 3.05) is 0 Å². The molecule has 1 amide bonds. The molecule has 0 unspecified atom stereocenters. The number of nitrogens with zero attached hydrogens (tertiary/aromatic N) is 1.